The molecule has 22 heavy (non-hydrogen) atoms. The van der Waals surface area contributed by atoms with Crippen LogP contribution in [0, 0.1) is 5.41 Å². The average molecular weight is 308 g/mol. The quantitative estimate of drug-likeness (QED) is 0.464. The van der Waals surface area contributed by atoms with Gasteiger partial charge in [-0.1, -0.05) is 78.6 Å². The Kier molecular flexibility index (Phi) is 9.50. The van der Waals surface area contributed by atoms with Gasteiger partial charge in [0.25, 0.3) is 0 Å². The molecule has 0 aliphatic heterocycles. The van der Waals surface area contributed by atoms with Gasteiger partial charge in [0.1, 0.15) is 0 Å². The molecule has 0 bridgehead atoms. The molecule has 0 aromatic heterocycles. The normalized spacial score (nSPS) is 17.4. The molecule has 1 aliphatic rings. The zero-order chi connectivity index (χ0) is 16.3. The zero-order valence-corrected chi connectivity index (χ0v) is 15.2. The standard InChI is InChI=1S/C20H37NO/c1-4-5-6-7-8-9-10-11-12-13-14-21-18-15-19(22)17-20(2,3)16-18/h15,21H,4-14,16-17H2,1-3H3. The summed E-state index contributed by atoms with van der Waals surface area (Å²) in [7, 11) is 0. The molecule has 0 aromatic rings. The van der Waals surface area contributed by atoms with Crippen molar-refractivity contribution in [2.45, 2.75) is 97.8 Å². The summed E-state index contributed by atoms with van der Waals surface area (Å²) in [6.45, 7) is 7.65. The molecule has 0 aromatic carbocycles. The highest BCUT2D eigenvalue weighted by molar-refractivity contribution is 5.91. The SMILES string of the molecule is CCCCCCCCCCCCNC1=CC(=O)CC(C)(C)C1. The number of allylic oxidation sites excluding steroid dienone is 2. The molecule has 0 atom stereocenters. The van der Waals surface area contributed by atoms with Gasteiger partial charge < -0.3 is 5.32 Å². The van der Waals surface area contributed by atoms with Gasteiger partial charge >= 0.3 is 0 Å². The van der Waals surface area contributed by atoms with Crippen LogP contribution in [0.15, 0.2) is 11.8 Å². The van der Waals surface area contributed by atoms with Gasteiger partial charge in [0.05, 0.1) is 0 Å². The van der Waals surface area contributed by atoms with Gasteiger partial charge in [-0.25, -0.2) is 0 Å². The molecule has 1 N–H and O–H groups in total. The third-order valence-corrected chi connectivity index (χ3v) is 4.54. The van der Waals surface area contributed by atoms with Gasteiger partial charge in [-0.05, 0) is 18.3 Å². The summed E-state index contributed by atoms with van der Waals surface area (Å²) in [6.07, 6.45) is 17.2. The van der Waals surface area contributed by atoms with Crippen LogP contribution in [0.2, 0.25) is 0 Å². The fraction of sp³-hybridized carbons (Fsp3) is 0.850. The Morgan fingerprint density at radius 2 is 1.45 bits per heavy atom. The lowest BCUT2D eigenvalue weighted by Gasteiger charge is -2.29. The van der Waals surface area contributed by atoms with Crippen LogP contribution in [0.4, 0.5) is 0 Å². The first-order valence-electron chi connectivity index (χ1n) is 9.51. The minimum Gasteiger partial charge on any atom is -0.388 e. The van der Waals surface area contributed by atoms with E-state index < -0.39 is 0 Å². The topological polar surface area (TPSA) is 29.1 Å². The van der Waals surface area contributed by atoms with E-state index in [4.69, 9.17) is 0 Å². The van der Waals surface area contributed by atoms with Crippen LogP contribution in [-0.4, -0.2) is 12.3 Å². The molecule has 0 fully saturated rings. The van der Waals surface area contributed by atoms with Crippen molar-refractivity contribution in [3.05, 3.63) is 11.8 Å². The maximum atomic E-state index is 11.7. The highest BCUT2D eigenvalue weighted by atomic mass is 16.1. The van der Waals surface area contributed by atoms with Gasteiger partial charge in [-0.3, -0.25) is 4.79 Å². The Balaban J connectivity index is 1.94. The van der Waals surface area contributed by atoms with Gasteiger partial charge in [0.15, 0.2) is 5.78 Å². The van der Waals surface area contributed by atoms with E-state index in [1.807, 2.05) is 6.08 Å². The van der Waals surface area contributed by atoms with Crippen LogP contribution in [-0.2, 0) is 4.79 Å². The van der Waals surface area contributed by atoms with Gasteiger partial charge in [-0.15, -0.1) is 0 Å². The van der Waals surface area contributed by atoms with Crippen LogP contribution in [0.25, 0.3) is 0 Å². The lowest BCUT2D eigenvalue weighted by atomic mass is 9.79. The Hall–Kier alpha value is -0.790. The summed E-state index contributed by atoms with van der Waals surface area (Å²) >= 11 is 0. The lowest BCUT2D eigenvalue weighted by molar-refractivity contribution is -0.117. The molecule has 2 heteroatoms. The van der Waals surface area contributed by atoms with Gasteiger partial charge in [-0.2, -0.15) is 0 Å². The number of rotatable bonds is 12. The van der Waals surface area contributed by atoms with E-state index in [0.29, 0.717) is 6.42 Å². The van der Waals surface area contributed by atoms with Crippen LogP contribution in [0.1, 0.15) is 97.8 Å². The fourth-order valence-corrected chi connectivity index (χ4v) is 3.32. The number of carbonyl (C=O) groups is 1. The number of hydrogen-bond donors (Lipinski definition) is 1. The molecule has 0 amide bonds. The maximum Gasteiger partial charge on any atom is 0.157 e. The second-order valence-electron chi connectivity index (χ2n) is 7.76. The second-order valence-corrected chi connectivity index (χ2v) is 7.76. The molecule has 2 nitrogen and oxygen atoms in total. The minimum atomic E-state index is 0.131. The second kappa shape index (κ2) is 10.9. The Morgan fingerprint density at radius 1 is 0.909 bits per heavy atom. The van der Waals surface area contributed by atoms with E-state index in [1.165, 1.54) is 64.2 Å². The van der Waals surface area contributed by atoms with Gasteiger partial charge in [0.2, 0.25) is 0 Å². The van der Waals surface area contributed by atoms with Crippen molar-refractivity contribution in [3.63, 3.8) is 0 Å². The number of unbranched alkanes of at least 4 members (excludes halogenated alkanes) is 9. The highest BCUT2D eigenvalue weighted by Gasteiger charge is 2.27. The van der Waals surface area contributed by atoms with E-state index in [2.05, 4.69) is 26.1 Å². The van der Waals surface area contributed by atoms with Crippen LogP contribution in [0.5, 0.6) is 0 Å². The summed E-state index contributed by atoms with van der Waals surface area (Å²) in [5.74, 6) is 0.279. The summed E-state index contributed by atoms with van der Waals surface area (Å²) in [4.78, 5) is 11.7. The average Bonchev–Trinajstić information content (AvgIpc) is 2.42. The van der Waals surface area contributed by atoms with Crippen molar-refractivity contribution in [3.8, 4) is 0 Å². The first-order valence-corrected chi connectivity index (χ1v) is 9.51. The van der Waals surface area contributed by atoms with Gasteiger partial charge in [0, 0.05) is 24.7 Å². The summed E-state index contributed by atoms with van der Waals surface area (Å²) in [6, 6.07) is 0. The van der Waals surface area contributed by atoms with Crippen LogP contribution >= 0.6 is 0 Å². The van der Waals surface area contributed by atoms with Crippen LogP contribution < -0.4 is 5.32 Å². The summed E-state index contributed by atoms with van der Waals surface area (Å²) in [5, 5.41) is 3.47. The Labute approximate surface area is 138 Å². The first-order chi connectivity index (χ1) is 10.5. The lowest BCUT2D eigenvalue weighted by Crippen LogP contribution is -2.28. The predicted octanol–water partition coefficient (Wildman–Crippen LogP) is 5.77. The monoisotopic (exact) mass is 307 g/mol. The zero-order valence-electron chi connectivity index (χ0n) is 15.2. The van der Waals surface area contributed by atoms with Crippen molar-refractivity contribution >= 4 is 5.78 Å². The number of nitrogens with one attached hydrogen (secondary N) is 1. The molecule has 0 saturated carbocycles. The van der Waals surface area contributed by atoms with Crippen molar-refractivity contribution in [1.82, 2.24) is 5.32 Å². The molecule has 0 unspecified atom stereocenters. The summed E-state index contributed by atoms with van der Waals surface area (Å²) in [5.41, 5.74) is 1.28. The largest absolute Gasteiger partial charge is 0.388 e. The molecule has 0 heterocycles. The molecule has 0 spiro atoms. The molecule has 1 aliphatic carbocycles. The van der Waals surface area contributed by atoms with E-state index in [9.17, 15) is 4.79 Å². The van der Waals surface area contributed by atoms with Crippen molar-refractivity contribution in [2.75, 3.05) is 6.54 Å². The van der Waals surface area contributed by atoms with Crippen molar-refractivity contribution in [2.24, 2.45) is 5.41 Å². The molecule has 128 valence electrons. The Bertz CT molecular complexity index is 344. The Morgan fingerprint density at radius 3 is 2.00 bits per heavy atom. The maximum absolute atomic E-state index is 11.7. The smallest absolute Gasteiger partial charge is 0.157 e. The molecule has 1 rings (SSSR count). The highest BCUT2D eigenvalue weighted by Crippen LogP contribution is 2.32. The number of carbonyl (C=O) groups excluding carboxylic acids is 1. The van der Waals surface area contributed by atoms with E-state index >= 15 is 0 Å². The molecular weight excluding hydrogens is 270 g/mol. The van der Waals surface area contributed by atoms with E-state index in [1.54, 1.807) is 0 Å². The van der Waals surface area contributed by atoms with E-state index in [-0.39, 0.29) is 11.2 Å². The first kappa shape index (κ1) is 19.3. The number of ketones is 1. The number of hydrogen-bond acceptors (Lipinski definition) is 2. The van der Waals surface area contributed by atoms with Crippen molar-refractivity contribution in [1.29, 1.82) is 0 Å². The minimum absolute atomic E-state index is 0.131. The molecule has 0 radical (unpaired) electrons. The third kappa shape index (κ3) is 9.27. The summed E-state index contributed by atoms with van der Waals surface area (Å²) < 4.78 is 0. The molecular formula is C20H37NO. The predicted molar refractivity (Wildman–Crippen MR) is 96.0 cm³/mol. The fourth-order valence-electron chi connectivity index (χ4n) is 3.32. The van der Waals surface area contributed by atoms with Crippen molar-refractivity contribution < 1.29 is 4.79 Å². The molecule has 0 saturated heterocycles. The van der Waals surface area contributed by atoms with Crippen LogP contribution in [0.3, 0.4) is 0 Å². The van der Waals surface area contributed by atoms with E-state index in [0.717, 1.165) is 18.7 Å². The third-order valence-electron chi connectivity index (χ3n) is 4.54.